The minimum absolute atomic E-state index is 0.0404. The predicted molar refractivity (Wildman–Crippen MR) is 92.3 cm³/mol. The van der Waals surface area contributed by atoms with Crippen LogP contribution in [0.5, 0.6) is 0 Å². The van der Waals surface area contributed by atoms with Gasteiger partial charge in [0.2, 0.25) is 0 Å². The summed E-state index contributed by atoms with van der Waals surface area (Å²) >= 11 is 0. The van der Waals surface area contributed by atoms with Crippen LogP contribution in [0, 0.1) is 6.92 Å². The number of fused-ring (bicyclic) bond motifs is 1. The largest absolute Gasteiger partial charge is 0.468 e. The van der Waals surface area contributed by atoms with E-state index in [1.54, 1.807) is 12.1 Å². The van der Waals surface area contributed by atoms with Crippen LogP contribution < -0.4 is 10.5 Å². The lowest BCUT2D eigenvalue weighted by molar-refractivity contribution is -0.141. The maximum absolute atomic E-state index is 12.5. The van der Waals surface area contributed by atoms with Crippen molar-refractivity contribution >= 4 is 32.9 Å². The molecule has 2 aromatic heterocycles. The molecule has 0 saturated heterocycles. The van der Waals surface area contributed by atoms with Gasteiger partial charge in [-0.15, -0.1) is 0 Å². The first-order valence-electron chi connectivity index (χ1n) is 7.46. The highest BCUT2D eigenvalue weighted by molar-refractivity contribution is 7.92. The zero-order valence-electron chi connectivity index (χ0n) is 13.9. The van der Waals surface area contributed by atoms with E-state index >= 15 is 0 Å². The van der Waals surface area contributed by atoms with Crippen LogP contribution in [-0.2, 0) is 26.1 Å². The van der Waals surface area contributed by atoms with Gasteiger partial charge in [-0.2, -0.15) is 0 Å². The average molecular weight is 377 g/mol. The van der Waals surface area contributed by atoms with Crippen LogP contribution in [0.25, 0.3) is 11.1 Å². The lowest BCUT2D eigenvalue weighted by atomic mass is 10.3. The number of ether oxygens (including phenoxy) is 1. The van der Waals surface area contributed by atoms with Crippen molar-refractivity contribution in [3.8, 4) is 0 Å². The van der Waals surface area contributed by atoms with Gasteiger partial charge in [-0.25, -0.2) is 18.2 Å². The third-order valence-corrected chi connectivity index (χ3v) is 4.97. The molecule has 9 nitrogen and oxygen atoms in total. The number of nitrogens with zero attached hydrogens (tertiary/aromatic N) is 2. The average Bonchev–Trinajstić information content (AvgIpc) is 2.91. The minimum atomic E-state index is -3.92. The summed E-state index contributed by atoms with van der Waals surface area (Å²) in [5.74, 6) is -1.24. The van der Waals surface area contributed by atoms with Gasteiger partial charge in [0.05, 0.1) is 17.5 Å². The molecule has 0 atom stereocenters. The van der Waals surface area contributed by atoms with Crippen LogP contribution >= 0.6 is 0 Å². The molecular weight excluding hydrogens is 362 g/mol. The van der Waals surface area contributed by atoms with Gasteiger partial charge >= 0.3 is 11.7 Å². The van der Waals surface area contributed by atoms with Crippen molar-refractivity contribution in [2.24, 2.45) is 0 Å². The first kappa shape index (κ1) is 17.7. The van der Waals surface area contributed by atoms with Gasteiger partial charge in [0.25, 0.3) is 10.0 Å². The molecule has 1 aromatic carbocycles. The molecular formula is C16H15N3O6S. The number of anilines is 1. The van der Waals surface area contributed by atoms with Crippen LogP contribution in [0.1, 0.15) is 5.56 Å². The second-order valence-electron chi connectivity index (χ2n) is 5.49. The molecule has 136 valence electrons. The van der Waals surface area contributed by atoms with E-state index < -0.39 is 21.7 Å². The molecule has 0 spiro atoms. The molecule has 0 fully saturated rings. The maximum atomic E-state index is 12.5. The van der Waals surface area contributed by atoms with Crippen molar-refractivity contribution in [2.45, 2.75) is 18.4 Å². The summed E-state index contributed by atoms with van der Waals surface area (Å²) in [5, 5.41) is 0. The van der Waals surface area contributed by atoms with Crippen molar-refractivity contribution in [3.05, 3.63) is 52.6 Å². The molecule has 0 aliphatic carbocycles. The number of esters is 1. The fraction of sp³-hybridized carbons (Fsp3) is 0.188. The van der Waals surface area contributed by atoms with Gasteiger partial charge in [0.15, 0.2) is 5.58 Å². The van der Waals surface area contributed by atoms with Gasteiger partial charge in [0.1, 0.15) is 12.4 Å². The van der Waals surface area contributed by atoms with E-state index in [2.05, 4.69) is 14.4 Å². The summed E-state index contributed by atoms with van der Waals surface area (Å²) in [6, 6.07) is 7.17. The fourth-order valence-electron chi connectivity index (χ4n) is 2.28. The van der Waals surface area contributed by atoms with E-state index in [9.17, 15) is 18.0 Å². The van der Waals surface area contributed by atoms with Crippen LogP contribution in [0.2, 0.25) is 0 Å². The van der Waals surface area contributed by atoms with E-state index in [1.165, 1.54) is 31.5 Å². The van der Waals surface area contributed by atoms with Crippen molar-refractivity contribution in [3.63, 3.8) is 0 Å². The molecule has 10 heteroatoms. The molecule has 0 amide bonds. The summed E-state index contributed by atoms with van der Waals surface area (Å²) in [6.07, 6.45) is 1.53. The van der Waals surface area contributed by atoms with Crippen molar-refractivity contribution in [1.29, 1.82) is 0 Å². The van der Waals surface area contributed by atoms with Gasteiger partial charge < -0.3 is 9.15 Å². The number of methoxy groups -OCH3 is 1. The van der Waals surface area contributed by atoms with Gasteiger partial charge in [-0.1, -0.05) is 6.07 Å². The van der Waals surface area contributed by atoms with Crippen LogP contribution in [0.15, 0.2) is 50.6 Å². The number of aryl methyl sites for hydroxylation is 1. The quantitative estimate of drug-likeness (QED) is 0.665. The number of sulfonamides is 1. The SMILES string of the molecule is COC(=O)Cn1c(=O)oc2cc(S(=O)(=O)Nc3ccc(C)cn3)ccc21. The molecule has 3 rings (SSSR count). The van der Waals surface area contributed by atoms with Crippen LogP contribution in [-0.4, -0.2) is 31.0 Å². The van der Waals surface area contributed by atoms with E-state index in [-0.39, 0.29) is 28.4 Å². The number of hydrogen-bond donors (Lipinski definition) is 1. The molecule has 0 unspecified atom stereocenters. The van der Waals surface area contributed by atoms with Crippen molar-refractivity contribution in [2.75, 3.05) is 11.8 Å². The number of rotatable bonds is 5. The number of pyridine rings is 1. The Bertz CT molecular complexity index is 1130. The number of benzene rings is 1. The van der Waals surface area contributed by atoms with E-state index in [0.29, 0.717) is 0 Å². The minimum Gasteiger partial charge on any atom is -0.468 e. The molecule has 0 aliphatic heterocycles. The Morgan fingerprint density at radius 1 is 1.31 bits per heavy atom. The summed E-state index contributed by atoms with van der Waals surface area (Å²) in [4.78, 5) is 27.2. The number of aromatic nitrogens is 2. The highest BCUT2D eigenvalue weighted by atomic mass is 32.2. The molecule has 26 heavy (non-hydrogen) atoms. The number of carbonyl (C=O) groups is 1. The summed E-state index contributed by atoms with van der Waals surface area (Å²) < 4.78 is 38.0. The van der Waals surface area contributed by atoms with Crippen molar-refractivity contribution < 1.29 is 22.4 Å². The molecule has 0 bridgehead atoms. The molecule has 1 N–H and O–H groups in total. The smallest absolute Gasteiger partial charge is 0.420 e. The lowest BCUT2D eigenvalue weighted by Crippen LogP contribution is -2.20. The zero-order valence-corrected chi connectivity index (χ0v) is 14.7. The highest BCUT2D eigenvalue weighted by Crippen LogP contribution is 2.20. The molecule has 3 aromatic rings. The van der Waals surface area contributed by atoms with E-state index in [0.717, 1.165) is 10.1 Å². The van der Waals surface area contributed by atoms with Crippen LogP contribution in [0.3, 0.4) is 0 Å². The number of oxazole rings is 1. The summed E-state index contributed by atoms with van der Waals surface area (Å²) in [6.45, 7) is 1.50. The first-order valence-corrected chi connectivity index (χ1v) is 8.94. The van der Waals surface area contributed by atoms with Gasteiger partial charge in [-0.05, 0) is 30.7 Å². The molecule has 2 heterocycles. The summed E-state index contributed by atoms with van der Waals surface area (Å²) in [5.41, 5.74) is 1.22. The lowest BCUT2D eigenvalue weighted by Gasteiger charge is -2.07. The predicted octanol–water partition coefficient (Wildman–Crippen LogP) is 1.27. The molecule has 0 aliphatic rings. The first-order chi connectivity index (χ1) is 12.3. The van der Waals surface area contributed by atoms with Gasteiger partial charge in [-0.3, -0.25) is 14.1 Å². The number of carbonyl (C=O) groups excluding carboxylic acids is 1. The Labute approximate surface area is 148 Å². The monoisotopic (exact) mass is 377 g/mol. The zero-order chi connectivity index (χ0) is 18.9. The second kappa shape index (κ2) is 6.64. The van der Waals surface area contributed by atoms with E-state index in [1.807, 2.05) is 6.92 Å². The number of hydrogen-bond acceptors (Lipinski definition) is 7. The molecule has 0 radical (unpaired) electrons. The Morgan fingerprint density at radius 3 is 2.73 bits per heavy atom. The Hall–Kier alpha value is -3.14. The Kier molecular flexibility index (Phi) is 4.51. The van der Waals surface area contributed by atoms with E-state index in [4.69, 9.17) is 4.42 Å². The van der Waals surface area contributed by atoms with Crippen LogP contribution in [0.4, 0.5) is 5.82 Å². The molecule has 0 saturated carbocycles. The van der Waals surface area contributed by atoms with Crippen molar-refractivity contribution in [1.82, 2.24) is 9.55 Å². The highest BCUT2D eigenvalue weighted by Gasteiger charge is 2.19. The number of nitrogens with one attached hydrogen (secondary N) is 1. The second-order valence-corrected chi connectivity index (χ2v) is 7.17. The topological polar surface area (TPSA) is 120 Å². The third-order valence-electron chi connectivity index (χ3n) is 3.62. The maximum Gasteiger partial charge on any atom is 0.420 e. The summed E-state index contributed by atoms with van der Waals surface area (Å²) in [7, 11) is -2.72. The Balaban J connectivity index is 1.97. The van der Waals surface area contributed by atoms with Gasteiger partial charge in [0, 0.05) is 12.3 Å². The third kappa shape index (κ3) is 3.45. The normalized spacial score (nSPS) is 11.5. The Morgan fingerprint density at radius 2 is 2.08 bits per heavy atom. The fourth-order valence-corrected chi connectivity index (χ4v) is 3.31. The standard InChI is InChI=1S/C16H15N3O6S/c1-10-3-6-14(17-8-10)18-26(22,23)11-4-5-12-13(7-11)25-16(21)19(12)9-15(20)24-2/h3-8H,9H2,1-2H3,(H,17,18).